The molecule has 9 heteroatoms. The van der Waals surface area contributed by atoms with Gasteiger partial charge in [0.1, 0.15) is 5.75 Å². The van der Waals surface area contributed by atoms with E-state index in [0.717, 1.165) is 5.56 Å². The summed E-state index contributed by atoms with van der Waals surface area (Å²) in [7, 11) is 0. The first-order chi connectivity index (χ1) is 12.6. The fourth-order valence-electron chi connectivity index (χ4n) is 2.19. The Labute approximate surface area is 152 Å². The molecule has 1 heterocycles. The van der Waals surface area contributed by atoms with Crippen molar-refractivity contribution in [3.05, 3.63) is 65.7 Å². The highest BCUT2D eigenvalue weighted by Gasteiger charge is 2.13. The van der Waals surface area contributed by atoms with Crippen molar-refractivity contribution in [3.8, 4) is 5.75 Å². The number of benzene rings is 2. The molecule has 0 aliphatic carbocycles. The Kier molecular flexibility index (Phi) is 5.90. The lowest BCUT2D eigenvalue weighted by atomic mass is 10.1. The summed E-state index contributed by atoms with van der Waals surface area (Å²) >= 11 is 1.22. The molecule has 134 valence electrons. The Morgan fingerprint density at radius 3 is 2.54 bits per heavy atom. The third-order valence-electron chi connectivity index (χ3n) is 3.41. The van der Waals surface area contributed by atoms with Crippen molar-refractivity contribution >= 4 is 17.5 Å². The van der Waals surface area contributed by atoms with E-state index in [1.54, 1.807) is 4.68 Å². The molecule has 3 rings (SSSR count). The molecule has 0 aliphatic heterocycles. The van der Waals surface area contributed by atoms with E-state index in [0.29, 0.717) is 17.3 Å². The second-order valence-corrected chi connectivity index (χ2v) is 6.16. The van der Waals surface area contributed by atoms with Crippen molar-refractivity contribution in [2.45, 2.75) is 18.3 Å². The van der Waals surface area contributed by atoms with Crippen molar-refractivity contribution < 1.29 is 18.3 Å². The number of halogens is 2. The summed E-state index contributed by atoms with van der Waals surface area (Å²) in [5.41, 5.74) is 1.45. The van der Waals surface area contributed by atoms with Gasteiger partial charge in [0.15, 0.2) is 5.78 Å². The van der Waals surface area contributed by atoms with Crippen LogP contribution in [0.2, 0.25) is 0 Å². The first-order valence-electron chi connectivity index (χ1n) is 7.63. The minimum Gasteiger partial charge on any atom is -0.435 e. The molecule has 3 aromatic rings. The number of hydrogen-bond donors (Lipinski definition) is 0. The Morgan fingerprint density at radius 2 is 1.85 bits per heavy atom. The van der Waals surface area contributed by atoms with Gasteiger partial charge in [-0.25, -0.2) is 4.68 Å². The quantitative estimate of drug-likeness (QED) is 0.444. The number of tetrazole rings is 1. The third kappa shape index (κ3) is 4.85. The number of thioether (sulfide) groups is 1. The lowest BCUT2D eigenvalue weighted by molar-refractivity contribution is -0.0498. The van der Waals surface area contributed by atoms with Crippen LogP contribution in [0.1, 0.15) is 15.9 Å². The van der Waals surface area contributed by atoms with E-state index in [2.05, 4.69) is 20.3 Å². The molecule has 0 saturated carbocycles. The minimum atomic E-state index is -2.89. The molecule has 6 nitrogen and oxygen atoms in total. The summed E-state index contributed by atoms with van der Waals surface area (Å²) in [6, 6.07) is 15.3. The van der Waals surface area contributed by atoms with Gasteiger partial charge in [-0.3, -0.25) is 4.79 Å². The van der Waals surface area contributed by atoms with Crippen LogP contribution in [0.15, 0.2) is 59.8 Å². The summed E-state index contributed by atoms with van der Waals surface area (Å²) in [5, 5.41) is 12.1. The van der Waals surface area contributed by atoms with E-state index in [4.69, 9.17) is 0 Å². The van der Waals surface area contributed by atoms with Crippen LogP contribution in [0.3, 0.4) is 0 Å². The zero-order chi connectivity index (χ0) is 18.4. The number of nitrogens with zero attached hydrogens (tertiary/aromatic N) is 4. The fraction of sp³-hybridized carbons (Fsp3) is 0.176. The molecular weight excluding hydrogens is 362 g/mol. The third-order valence-corrected chi connectivity index (χ3v) is 4.37. The first kappa shape index (κ1) is 18.0. The van der Waals surface area contributed by atoms with E-state index in [1.165, 1.54) is 36.0 Å². The largest absolute Gasteiger partial charge is 0.435 e. The van der Waals surface area contributed by atoms with Crippen molar-refractivity contribution in [1.82, 2.24) is 20.2 Å². The summed E-state index contributed by atoms with van der Waals surface area (Å²) in [4.78, 5) is 12.3. The van der Waals surface area contributed by atoms with Crippen molar-refractivity contribution in [1.29, 1.82) is 0 Å². The highest BCUT2D eigenvalue weighted by molar-refractivity contribution is 7.99. The molecule has 2 aromatic carbocycles. The molecule has 0 fully saturated rings. The zero-order valence-electron chi connectivity index (χ0n) is 13.5. The molecule has 0 spiro atoms. The second-order valence-electron chi connectivity index (χ2n) is 5.22. The highest BCUT2D eigenvalue weighted by Crippen LogP contribution is 2.19. The average molecular weight is 376 g/mol. The van der Waals surface area contributed by atoms with Gasteiger partial charge in [0, 0.05) is 5.56 Å². The van der Waals surface area contributed by atoms with Crippen LogP contribution >= 0.6 is 11.8 Å². The molecule has 0 atom stereocenters. The lowest BCUT2D eigenvalue weighted by Gasteiger charge is -2.06. The van der Waals surface area contributed by atoms with Crippen LogP contribution in [0, 0.1) is 0 Å². The van der Waals surface area contributed by atoms with Crippen LogP contribution in [0.25, 0.3) is 0 Å². The molecule has 0 aliphatic rings. The average Bonchev–Trinajstić information content (AvgIpc) is 3.07. The van der Waals surface area contributed by atoms with Gasteiger partial charge in [-0.05, 0) is 40.3 Å². The smallest absolute Gasteiger partial charge is 0.387 e. The molecule has 0 bridgehead atoms. The minimum absolute atomic E-state index is 0.0102. The number of carbonyl (C=O) groups is 1. The van der Waals surface area contributed by atoms with Crippen molar-refractivity contribution in [2.24, 2.45) is 0 Å². The highest BCUT2D eigenvalue weighted by atomic mass is 32.2. The number of rotatable bonds is 8. The molecule has 0 radical (unpaired) electrons. The van der Waals surface area contributed by atoms with E-state index >= 15 is 0 Å². The van der Waals surface area contributed by atoms with Crippen molar-refractivity contribution in [3.63, 3.8) is 0 Å². The number of ether oxygens (including phenoxy) is 1. The van der Waals surface area contributed by atoms with Gasteiger partial charge < -0.3 is 4.74 Å². The van der Waals surface area contributed by atoms with E-state index in [-0.39, 0.29) is 17.3 Å². The van der Waals surface area contributed by atoms with Gasteiger partial charge in [0.25, 0.3) is 0 Å². The number of ketones is 1. The predicted octanol–water partition coefficient (Wildman–Crippen LogP) is 3.30. The maximum absolute atomic E-state index is 12.3. The molecule has 1 aromatic heterocycles. The maximum atomic E-state index is 12.3. The van der Waals surface area contributed by atoms with Gasteiger partial charge >= 0.3 is 6.61 Å². The second kappa shape index (κ2) is 8.52. The Balaban J connectivity index is 1.59. The Morgan fingerprint density at radius 1 is 1.12 bits per heavy atom. The van der Waals surface area contributed by atoms with E-state index in [9.17, 15) is 13.6 Å². The van der Waals surface area contributed by atoms with Crippen LogP contribution < -0.4 is 4.74 Å². The van der Waals surface area contributed by atoms with Gasteiger partial charge in [-0.1, -0.05) is 42.1 Å². The monoisotopic (exact) mass is 376 g/mol. The molecule has 0 unspecified atom stereocenters. The SMILES string of the molecule is O=C(CSc1nnnn1Cc1ccccc1)c1ccc(OC(F)F)cc1. The van der Waals surface area contributed by atoms with Crippen LogP contribution in [-0.4, -0.2) is 38.4 Å². The Hall–Kier alpha value is -2.81. The zero-order valence-corrected chi connectivity index (χ0v) is 14.3. The molecule has 0 amide bonds. The lowest BCUT2D eigenvalue weighted by Crippen LogP contribution is -2.07. The summed E-state index contributed by atoms with van der Waals surface area (Å²) < 4.78 is 30.2. The molecule has 26 heavy (non-hydrogen) atoms. The van der Waals surface area contributed by atoms with Crippen LogP contribution in [0.5, 0.6) is 5.75 Å². The van der Waals surface area contributed by atoms with Gasteiger partial charge in [0.2, 0.25) is 5.16 Å². The summed E-state index contributed by atoms with van der Waals surface area (Å²) in [6.45, 7) is -2.39. The maximum Gasteiger partial charge on any atom is 0.387 e. The Bertz CT molecular complexity index is 857. The predicted molar refractivity (Wildman–Crippen MR) is 91.5 cm³/mol. The number of Topliss-reactive ketones (excluding diaryl/α,β-unsaturated/α-hetero) is 1. The summed E-state index contributed by atoms with van der Waals surface area (Å²) in [6.07, 6.45) is 0. The summed E-state index contributed by atoms with van der Waals surface area (Å²) in [5.74, 6) is -0.0200. The fourth-order valence-corrected chi connectivity index (χ4v) is 2.96. The van der Waals surface area contributed by atoms with E-state index < -0.39 is 6.61 Å². The number of alkyl halides is 2. The van der Waals surface area contributed by atoms with Crippen LogP contribution in [0.4, 0.5) is 8.78 Å². The topological polar surface area (TPSA) is 69.9 Å². The van der Waals surface area contributed by atoms with Gasteiger partial charge in [-0.2, -0.15) is 8.78 Å². The van der Waals surface area contributed by atoms with E-state index in [1.807, 2.05) is 30.3 Å². The van der Waals surface area contributed by atoms with Crippen molar-refractivity contribution in [2.75, 3.05) is 5.75 Å². The number of aromatic nitrogens is 4. The molecular formula is C17H14F2N4O2S. The number of hydrogen-bond acceptors (Lipinski definition) is 6. The first-order valence-corrected chi connectivity index (χ1v) is 8.61. The standard InChI is InChI=1S/C17H14F2N4O2S/c18-16(19)25-14-8-6-13(7-9-14)15(24)11-26-17-20-21-22-23(17)10-12-4-2-1-3-5-12/h1-9,16H,10-11H2. The van der Waals surface area contributed by atoms with Crippen LogP contribution in [-0.2, 0) is 6.54 Å². The van der Waals surface area contributed by atoms with Gasteiger partial charge in [-0.15, -0.1) is 5.10 Å². The number of carbonyl (C=O) groups excluding carboxylic acids is 1. The molecule has 0 saturated heterocycles. The van der Waals surface area contributed by atoms with Gasteiger partial charge in [0.05, 0.1) is 12.3 Å². The normalized spacial score (nSPS) is 10.9. The molecule has 0 N–H and O–H groups in total.